The average Bonchev–Trinajstić information content (AvgIpc) is 2.93. The fraction of sp³-hybridized carbons (Fsp3) is 0.588. The number of nitrogens with two attached hydrogens (primary N) is 1. The van der Waals surface area contributed by atoms with E-state index >= 15 is 0 Å². The largest absolute Gasteiger partial charge is 0.392 e. The van der Waals surface area contributed by atoms with E-state index in [4.69, 9.17) is 5.73 Å². The first-order valence-electron chi connectivity index (χ1n) is 8.16. The van der Waals surface area contributed by atoms with Crippen molar-refractivity contribution in [2.45, 2.75) is 39.5 Å². The van der Waals surface area contributed by atoms with Gasteiger partial charge >= 0.3 is 0 Å². The third kappa shape index (κ3) is 5.93. The molecule has 1 aliphatic rings. The molecule has 1 heterocycles. The van der Waals surface area contributed by atoms with Crippen LogP contribution in [0.2, 0.25) is 0 Å². The molecule has 1 saturated heterocycles. The van der Waals surface area contributed by atoms with Gasteiger partial charge in [0.15, 0.2) is 5.96 Å². The Bertz CT molecular complexity index is 505. The van der Waals surface area contributed by atoms with E-state index in [9.17, 15) is 5.11 Å². The summed E-state index contributed by atoms with van der Waals surface area (Å²) in [5.74, 6) is 0.608. The predicted molar refractivity (Wildman–Crippen MR) is 106 cm³/mol. The highest BCUT2D eigenvalue weighted by Crippen LogP contribution is 2.17. The quantitative estimate of drug-likeness (QED) is 0.410. The molecule has 1 fully saturated rings. The number of rotatable bonds is 6. The SMILES string of the molecule is CCN(CC)C(N)=NCc1ccccc1CN1CCC(O)C1.I. The number of aliphatic hydroxyl groups excluding tert-OH is 1. The highest BCUT2D eigenvalue weighted by atomic mass is 127. The Morgan fingerprint density at radius 3 is 2.52 bits per heavy atom. The molecule has 1 unspecified atom stereocenters. The van der Waals surface area contributed by atoms with Gasteiger partial charge < -0.3 is 15.7 Å². The van der Waals surface area contributed by atoms with Crippen LogP contribution in [-0.4, -0.2) is 53.1 Å². The van der Waals surface area contributed by atoms with Crippen LogP contribution >= 0.6 is 24.0 Å². The molecule has 0 bridgehead atoms. The number of β-amino-alcohol motifs (C(OH)–C–C–N with tert-alkyl or cyclic N) is 1. The van der Waals surface area contributed by atoms with Crippen molar-refractivity contribution < 1.29 is 5.11 Å². The number of guanidine groups is 1. The molecule has 2 rings (SSSR count). The van der Waals surface area contributed by atoms with Crippen molar-refractivity contribution in [1.29, 1.82) is 0 Å². The first-order chi connectivity index (χ1) is 10.6. The van der Waals surface area contributed by atoms with Gasteiger partial charge in [0.25, 0.3) is 0 Å². The van der Waals surface area contributed by atoms with Crippen molar-refractivity contribution >= 4 is 29.9 Å². The zero-order valence-corrected chi connectivity index (χ0v) is 16.4. The van der Waals surface area contributed by atoms with E-state index in [2.05, 4.69) is 46.8 Å². The predicted octanol–water partition coefficient (Wildman–Crippen LogP) is 2.03. The molecule has 0 saturated carbocycles. The first kappa shape index (κ1) is 20.2. The summed E-state index contributed by atoms with van der Waals surface area (Å²) >= 11 is 0. The Balaban J connectivity index is 0.00000264. The summed E-state index contributed by atoms with van der Waals surface area (Å²) in [4.78, 5) is 8.89. The number of likely N-dealkylation sites (tertiary alicyclic amines) is 1. The molecule has 6 heteroatoms. The monoisotopic (exact) mass is 432 g/mol. The lowest BCUT2D eigenvalue weighted by Crippen LogP contribution is -2.37. The number of halogens is 1. The molecule has 1 aromatic carbocycles. The number of hydrogen-bond donors (Lipinski definition) is 2. The van der Waals surface area contributed by atoms with E-state index < -0.39 is 0 Å². The Labute approximate surface area is 156 Å². The zero-order valence-electron chi connectivity index (χ0n) is 14.1. The Kier molecular flexibility index (Phi) is 8.86. The van der Waals surface area contributed by atoms with Gasteiger partial charge in [-0.25, -0.2) is 4.99 Å². The van der Waals surface area contributed by atoms with Gasteiger partial charge in [0.1, 0.15) is 0 Å². The van der Waals surface area contributed by atoms with Gasteiger partial charge in [0.05, 0.1) is 12.6 Å². The molecular weight excluding hydrogens is 403 g/mol. The summed E-state index contributed by atoms with van der Waals surface area (Å²) in [5, 5.41) is 9.65. The lowest BCUT2D eigenvalue weighted by molar-refractivity contribution is 0.174. The third-order valence-electron chi connectivity index (χ3n) is 4.26. The minimum absolute atomic E-state index is 0. The Hall–Kier alpha value is -0.860. The van der Waals surface area contributed by atoms with Crippen molar-refractivity contribution in [2.24, 2.45) is 10.7 Å². The molecule has 0 radical (unpaired) electrons. The maximum absolute atomic E-state index is 9.65. The highest BCUT2D eigenvalue weighted by molar-refractivity contribution is 14.0. The van der Waals surface area contributed by atoms with E-state index in [0.29, 0.717) is 12.5 Å². The number of nitrogens with zero attached hydrogens (tertiary/aromatic N) is 3. The number of aliphatic imine (C=N–C) groups is 1. The smallest absolute Gasteiger partial charge is 0.191 e. The van der Waals surface area contributed by atoms with Crippen LogP contribution in [0.15, 0.2) is 29.3 Å². The van der Waals surface area contributed by atoms with Crippen LogP contribution < -0.4 is 5.73 Å². The number of aliphatic hydroxyl groups is 1. The normalized spacial score (nSPS) is 18.7. The molecule has 1 atom stereocenters. The second-order valence-electron chi connectivity index (χ2n) is 5.79. The van der Waals surface area contributed by atoms with Crippen LogP contribution in [0.3, 0.4) is 0 Å². The van der Waals surface area contributed by atoms with Crippen LogP contribution in [-0.2, 0) is 13.1 Å². The Morgan fingerprint density at radius 1 is 1.30 bits per heavy atom. The summed E-state index contributed by atoms with van der Waals surface area (Å²) in [6, 6.07) is 8.35. The van der Waals surface area contributed by atoms with Gasteiger partial charge in [-0.05, 0) is 31.4 Å². The summed E-state index contributed by atoms with van der Waals surface area (Å²) in [6.07, 6.45) is 0.693. The lowest BCUT2D eigenvalue weighted by Gasteiger charge is -2.20. The summed E-state index contributed by atoms with van der Waals surface area (Å²) < 4.78 is 0. The van der Waals surface area contributed by atoms with Crippen LogP contribution in [0.25, 0.3) is 0 Å². The average molecular weight is 432 g/mol. The van der Waals surface area contributed by atoms with Crippen LogP contribution in [0.1, 0.15) is 31.4 Å². The van der Waals surface area contributed by atoms with Crippen molar-refractivity contribution in [3.63, 3.8) is 0 Å². The van der Waals surface area contributed by atoms with Crippen molar-refractivity contribution in [1.82, 2.24) is 9.80 Å². The van der Waals surface area contributed by atoms with Gasteiger partial charge in [0, 0.05) is 32.7 Å². The summed E-state index contributed by atoms with van der Waals surface area (Å²) in [7, 11) is 0. The first-order valence-corrected chi connectivity index (χ1v) is 8.16. The maximum atomic E-state index is 9.65. The molecule has 0 spiro atoms. The van der Waals surface area contributed by atoms with Gasteiger partial charge in [-0.3, -0.25) is 4.90 Å². The molecule has 5 nitrogen and oxygen atoms in total. The van der Waals surface area contributed by atoms with Crippen LogP contribution in [0.5, 0.6) is 0 Å². The van der Waals surface area contributed by atoms with Crippen LogP contribution in [0.4, 0.5) is 0 Å². The van der Waals surface area contributed by atoms with Gasteiger partial charge in [-0.15, -0.1) is 24.0 Å². The lowest BCUT2D eigenvalue weighted by atomic mass is 10.1. The van der Waals surface area contributed by atoms with Gasteiger partial charge in [0.2, 0.25) is 0 Å². The van der Waals surface area contributed by atoms with Gasteiger partial charge in [-0.2, -0.15) is 0 Å². The molecular formula is C17H29IN4O. The molecule has 0 aromatic heterocycles. The molecule has 1 aromatic rings. The van der Waals surface area contributed by atoms with E-state index in [1.54, 1.807) is 0 Å². The highest BCUT2D eigenvalue weighted by Gasteiger charge is 2.20. The molecule has 0 aliphatic carbocycles. The second-order valence-corrected chi connectivity index (χ2v) is 5.79. The fourth-order valence-corrected chi connectivity index (χ4v) is 2.88. The van der Waals surface area contributed by atoms with Gasteiger partial charge in [-0.1, -0.05) is 24.3 Å². The molecule has 130 valence electrons. The fourth-order valence-electron chi connectivity index (χ4n) is 2.88. The standard InChI is InChI=1S/C17H28N4O.HI/c1-3-21(4-2)17(18)19-11-14-7-5-6-8-15(14)12-20-10-9-16(22)13-20;/h5-8,16,22H,3-4,9-13H2,1-2H3,(H2,18,19);1H. The molecule has 3 N–H and O–H groups in total. The summed E-state index contributed by atoms with van der Waals surface area (Å²) in [5.41, 5.74) is 8.53. The number of hydrogen-bond acceptors (Lipinski definition) is 3. The van der Waals surface area contributed by atoms with E-state index in [0.717, 1.165) is 39.1 Å². The molecule has 23 heavy (non-hydrogen) atoms. The minimum Gasteiger partial charge on any atom is -0.392 e. The topological polar surface area (TPSA) is 65.1 Å². The van der Waals surface area contributed by atoms with E-state index in [1.165, 1.54) is 11.1 Å². The molecule has 0 amide bonds. The van der Waals surface area contributed by atoms with Crippen molar-refractivity contribution in [3.05, 3.63) is 35.4 Å². The van der Waals surface area contributed by atoms with Crippen molar-refractivity contribution in [2.75, 3.05) is 26.2 Å². The van der Waals surface area contributed by atoms with Crippen LogP contribution in [0, 0.1) is 0 Å². The second kappa shape index (κ2) is 10.1. The zero-order chi connectivity index (χ0) is 15.9. The molecule has 1 aliphatic heterocycles. The maximum Gasteiger partial charge on any atom is 0.191 e. The summed E-state index contributed by atoms with van der Waals surface area (Å²) in [6.45, 7) is 9.11. The third-order valence-corrected chi connectivity index (χ3v) is 4.26. The Morgan fingerprint density at radius 2 is 1.96 bits per heavy atom. The van der Waals surface area contributed by atoms with E-state index in [-0.39, 0.29) is 30.1 Å². The van der Waals surface area contributed by atoms with Crippen molar-refractivity contribution in [3.8, 4) is 0 Å². The number of benzene rings is 1. The minimum atomic E-state index is -0.177. The van der Waals surface area contributed by atoms with E-state index in [1.807, 2.05) is 6.07 Å².